The highest BCUT2D eigenvalue weighted by atomic mass is 16.6. The van der Waals surface area contributed by atoms with Crippen LogP contribution >= 0.6 is 0 Å². The molecule has 1 heterocycles. The Kier molecular flexibility index (Phi) is 4.36. The minimum atomic E-state index is -1.02. The molecule has 0 aromatic heterocycles. The lowest BCUT2D eigenvalue weighted by atomic mass is 10.2. The van der Waals surface area contributed by atoms with Gasteiger partial charge in [0, 0.05) is 12.6 Å². The second kappa shape index (κ2) is 6.21. The van der Waals surface area contributed by atoms with Crippen LogP contribution in [0.25, 0.3) is 0 Å². The summed E-state index contributed by atoms with van der Waals surface area (Å²) in [6, 6.07) is 5.19. The number of benzene rings is 1. The first kappa shape index (κ1) is 14.8. The van der Waals surface area contributed by atoms with Crippen LogP contribution < -0.4 is 5.32 Å². The molecule has 1 fully saturated rings. The van der Waals surface area contributed by atoms with Crippen molar-refractivity contribution in [3.05, 3.63) is 34.4 Å². The fourth-order valence-corrected chi connectivity index (χ4v) is 2.38. The van der Waals surface area contributed by atoms with Gasteiger partial charge in [-0.25, -0.2) is 4.79 Å². The number of amides is 1. The molecule has 1 aromatic rings. The molecular formula is C13H15N3O5. The number of nitro benzene ring substituents is 1. The number of hydrogen-bond donors (Lipinski definition) is 2. The van der Waals surface area contributed by atoms with Gasteiger partial charge in [-0.2, -0.15) is 0 Å². The zero-order valence-electron chi connectivity index (χ0n) is 11.2. The highest BCUT2D eigenvalue weighted by Crippen LogP contribution is 2.23. The van der Waals surface area contributed by atoms with Crippen molar-refractivity contribution >= 4 is 23.3 Å². The van der Waals surface area contributed by atoms with Crippen LogP contribution in [0.3, 0.4) is 0 Å². The zero-order chi connectivity index (χ0) is 15.4. The maximum absolute atomic E-state index is 12.0. The minimum absolute atomic E-state index is 0.124. The monoisotopic (exact) mass is 293 g/mol. The molecule has 1 amide bonds. The summed E-state index contributed by atoms with van der Waals surface area (Å²) in [6.07, 6.45) is 1.08. The van der Waals surface area contributed by atoms with Crippen molar-refractivity contribution in [2.45, 2.75) is 18.9 Å². The van der Waals surface area contributed by atoms with E-state index < -0.39 is 16.9 Å². The molecule has 2 N–H and O–H groups in total. The van der Waals surface area contributed by atoms with E-state index >= 15 is 0 Å². The second-order valence-corrected chi connectivity index (χ2v) is 4.71. The van der Waals surface area contributed by atoms with Gasteiger partial charge in [-0.1, -0.05) is 12.1 Å². The van der Waals surface area contributed by atoms with E-state index in [1.54, 1.807) is 6.07 Å². The standard InChI is InChI=1S/C13H15N3O5/c17-12(15-7-3-6-11(15)13(18)19)8-14-9-4-1-2-5-10(9)16(20)21/h1-2,4-5,11,14H,3,6-8H2,(H,18,19)/t11-/m1/s1. The number of para-hydroxylation sites is 2. The molecule has 1 aliphatic rings. The number of likely N-dealkylation sites (tertiary alicyclic amines) is 1. The molecule has 0 radical (unpaired) electrons. The first-order valence-corrected chi connectivity index (χ1v) is 6.50. The molecular weight excluding hydrogens is 278 g/mol. The number of nitrogens with zero attached hydrogens (tertiary/aromatic N) is 2. The van der Waals surface area contributed by atoms with Crippen LogP contribution in [0, 0.1) is 10.1 Å². The van der Waals surface area contributed by atoms with E-state index in [2.05, 4.69) is 5.32 Å². The number of carbonyl (C=O) groups is 2. The Hall–Kier alpha value is -2.64. The minimum Gasteiger partial charge on any atom is -0.480 e. The van der Waals surface area contributed by atoms with E-state index in [-0.39, 0.29) is 23.8 Å². The molecule has 112 valence electrons. The smallest absolute Gasteiger partial charge is 0.326 e. The van der Waals surface area contributed by atoms with E-state index in [0.29, 0.717) is 19.4 Å². The van der Waals surface area contributed by atoms with Crippen molar-refractivity contribution in [2.24, 2.45) is 0 Å². The van der Waals surface area contributed by atoms with E-state index in [1.165, 1.54) is 23.1 Å². The number of anilines is 1. The number of carboxylic acids is 1. The first-order chi connectivity index (χ1) is 10.0. The number of aliphatic carboxylic acids is 1. The Morgan fingerprint density at radius 3 is 2.81 bits per heavy atom. The molecule has 8 heteroatoms. The van der Waals surface area contributed by atoms with Crippen molar-refractivity contribution in [2.75, 3.05) is 18.4 Å². The first-order valence-electron chi connectivity index (χ1n) is 6.50. The van der Waals surface area contributed by atoms with Crippen molar-refractivity contribution in [3.8, 4) is 0 Å². The van der Waals surface area contributed by atoms with Crippen LogP contribution in [-0.4, -0.2) is 45.9 Å². The Bertz CT molecular complexity index is 575. The number of rotatable bonds is 5. The van der Waals surface area contributed by atoms with Crippen molar-refractivity contribution < 1.29 is 19.6 Å². The van der Waals surface area contributed by atoms with E-state index in [0.717, 1.165) is 0 Å². The van der Waals surface area contributed by atoms with Crippen molar-refractivity contribution in [3.63, 3.8) is 0 Å². The highest BCUT2D eigenvalue weighted by Gasteiger charge is 2.33. The molecule has 8 nitrogen and oxygen atoms in total. The van der Waals surface area contributed by atoms with Crippen molar-refractivity contribution in [1.82, 2.24) is 4.90 Å². The Morgan fingerprint density at radius 1 is 1.43 bits per heavy atom. The van der Waals surface area contributed by atoms with Crippen LogP contribution in [0.5, 0.6) is 0 Å². The van der Waals surface area contributed by atoms with Crippen molar-refractivity contribution in [1.29, 1.82) is 0 Å². The fraction of sp³-hybridized carbons (Fsp3) is 0.385. The van der Waals surface area contributed by atoms with E-state index in [1.807, 2.05) is 0 Å². The fourth-order valence-electron chi connectivity index (χ4n) is 2.38. The van der Waals surface area contributed by atoms with Crippen LogP contribution in [0.2, 0.25) is 0 Å². The van der Waals surface area contributed by atoms with Crippen LogP contribution in [0.1, 0.15) is 12.8 Å². The van der Waals surface area contributed by atoms with Gasteiger partial charge in [0.05, 0.1) is 11.5 Å². The SMILES string of the molecule is O=C(O)[C@H]1CCCN1C(=O)CNc1ccccc1[N+](=O)[O-]. The number of nitrogens with one attached hydrogen (secondary N) is 1. The highest BCUT2D eigenvalue weighted by molar-refractivity contribution is 5.87. The summed E-state index contributed by atoms with van der Waals surface area (Å²) in [5.41, 5.74) is 0.114. The molecule has 0 saturated carbocycles. The summed E-state index contributed by atoms with van der Waals surface area (Å²) < 4.78 is 0. The summed E-state index contributed by atoms with van der Waals surface area (Å²) in [5.74, 6) is -1.40. The average Bonchev–Trinajstić information content (AvgIpc) is 2.94. The van der Waals surface area contributed by atoms with Crippen LogP contribution in [0.15, 0.2) is 24.3 Å². The number of carboxylic acid groups (broad SMARTS) is 1. The summed E-state index contributed by atoms with van der Waals surface area (Å²) in [6.45, 7) is 0.225. The molecule has 0 unspecified atom stereocenters. The molecule has 1 aliphatic heterocycles. The zero-order valence-corrected chi connectivity index (χ0v) is 11.2. The third-order valence-electron chi connectivity index (χ3n) is 3.39. The molecule has 1 aromatic carbocycles. The third kappa shape index (κ3) is 3.28. The lowest BCUT2D eigenvalue weighted by molar-refractivity contribution is -0.383. The predicted molar refractivity (Wildman–Crippen MR) is 74.0 cm³/mol. The quantitative estimate of drug-likeness (QED) is 0.620. The summed E-state index contributed by atoms with van der Waals surface area (Å²) >= 11 is 0. The van der Waals surface area contributed by atoms with E-state index in [4.69, 9.17) is 5.11 Å². The van der Waals surface area contributed by atoms with Gasteiger partial charge in [0.2, 0.25) is 5.91 Å². The van der Waals surface area contributed by atoms with Gasteiger partial charge in [0.25, 0.3) is 5.69 Å². The molecule has 1 saturated heterocycles. The molecule has 2 rings (SSSR count). The molecule has 0 spiro atoms. The van der Waals surface area contributed by atoms with Gasteiger partial charge in [-0.3, -0.25) is 14.9 Å². The summed E-state index contributed by atoms with van der Waals surface area (Å²) in [5, 5.41) is 22.6. The molecule has 0 bridgehead atoms. The predicted octanol–water partition coefficient (Wildman–Crippen LogP) is 1.08. The lowest BCUT2D eigenvalue weighted by Gasteiger charge is -2.21. The Morgan fingerprint density at radius 2 is 2.14 bits per heavy atom. The number of nitro groups is 1. The third-order valence-corrected chi connectivity index (χ3v) is 3.39. The number of hydrogen-bond acceptors (Lipinski definition) is 5. The van der Waals surface area contributed by atoms with Gasteiger partial charge in [0.15, 0.2) is 0 Å². The summed E-state index contributed by atoms with van der Waals surface area (Å²) in [4.78, 5) is 34.7. The van der Waals surface area contributed by atoms with Gasteiger partial charge < -0.3 is 15.3 Å². The topological polar surface area (TPSA) is 113 Å². The van der Waals surface area contributed by atoms with Gasteiger partial charge in [-0.15, -0.1) is 0 Å². The lowest BCUT2D eigenvalue weighted by Crippen LogP contribution is -2.43. The number of carbonyl (C=O) groups excluding carboxylic acids is 1. The maximum atomic E-state index is 12.0. The van der Waals surface area contributed by atoms with Gasteiger partial charge in [0.1, 0.15) is 11.7 Å². The Balaban J connectivity index is 2.02. The van der Waals surface area contributed by atoms with Crippen LogP contribution in [0.4, 0.5) is 11.4 Å². The summed E-state index contributed by atoms with van der Waals surface area (Å²) in [7, 11) is 0. The van der Waals surface area contributed by atoms with Gasteiger partial charge >= 0.3 is 5.97 Å². The van der Waals surface area contributed by atoms with Gasteiger partial charge in [-0.05, 0) is 18.9 Å². The normalized spacial score (nSPS) is 17.5. The molecule has 21 heavy (non-hydrogen) atoms. The molecule has 0 aliphatic carbocycles. The van der Waals surface area contributed by atoms with E-state index in [9.17, 15) is 19.7 Å². The molecule has 1 atom stereocenters. The van der Waals surface area contributed by atoms with Crippen LogP contribution in [-0.2, 0) is 9.59 Å². The largest absolute Gasteiger partial charge is 0.480 e. The Labute approximate surface area is 120 Å². The second-order valence-electron chi connectivity index (χ2n) is 4.71. The average molecular weight is 293 g/mol. The maximum Gasteiger partial charge on any atom is 0.326 e.